The van der Waals surface area contributed by atoms with Gasteiger partial charge in [0, 0.05) is 12.6 Å². The normalized spacial score (nSPS) is 27.5. The monoisotopic (exact) mass is 200 g/mol. The first kappa shape index (κ1) is 9.73. The lowest BCUT2D eigenvalue weighted by Gasteiger charge is -2.32. The fraction of sp³-hybridized carbons (Fsp3) is 0.889. The molecule has 1 aliphatic heterocycles. The van der Waals surface area contributed by atoms with Crippen LogP contribution < -0.4 is 5.32 Å². The number of rotatable bonds is 2. The zero-order chi connectivity index (χ0) is 9.97. The number of hydrogen-bond donors (Lipinski definition) is 2. The number of nitrogens with one attached hydrogen (secondary N) is 1. The fourth-order valence-corrected chi connectivity index (χ4v) is 1.51. The van der Waals surface area contributed by atoms with Gasteiger partial charge >= 0.3 is 6.03 Å². The first-order valence-corrected chi connectivity index (χ1v) is 5.07. The second-order valence-corrected chi connectivity index (χ2v) is 3.85. The molecule has 1 saturated carbocycles. The summed E-state index contributed by atoms with van der Waals surface area (Å²) in [6.45, 7) is 1.61. The molecule has 0 aromatic rings. The van der Waals surface area contributed by atoms with Crippen LogP contribution in [0.25, 0.3) is 0 Å². The summed E-state index contributed by atoms with van der Waals surface area (Å²) in [5.74, 6) is 0. The summed E-state index contributed by atoms with van der Waals surface area (Å²) in [5.41, 5.74) is 0. The highest BCUT2D eigenvalue weighted by Crippen LogP contribution is 2.19. The van der Waals surface area contributed by atoms with Crippen LogP contribution >= 0.6 is 0 Å². The smallest absolute Gasteiger partial charge is 0.317 e. The molecule has 1 heterocycles. The molecular formula is C9H16N2O3. The SMILES string of the molecule is O=C(NC1CC1)N1CCOC(CO)C1. The number of urea groups is 1. The molecule has 80 valence electrons. The molecule has 1 saturated heterocycles. The second kappa shape index (κ2) is 4.14. The van der Waals surface area contributed by atoms with Crippen LogP contribution in [0, 0.1) is 0 Å². The van der Waals surface area contributed by atoms with E-state index in [0.717, 1.165) is 12.8 Å². The average Bonchev–Trinajstić information content (AvgIpc) is 3.02. The number of morpholine rings is 1. The van der Waals surface area contributed by atoms with Gasteiger partial charge in [-0.25, -0.2) is 4.79 Å². The van der Waals surface area contributed by atoms with Gasteiger partial charge in [-0.3, -0.25) is 0 Å². The summed E-state index contributed by atoms with van der Waals surface area (Å²) in [6.07, 6.45) is 1.98. The van der Waals surface area contributed by atoms with Crippen molar-refractivity contribution >= 4 is 6.03 Å². The van der Waals surface area contributed by atoms with Gasteiger partial charge in [0.15, 0.2) is 0 Å². The molecule has 1 unspecified atom stereocenters. The topological polar surface area (TPSA) is 61.8 Å². The van der Waals surface area contributed by atoms with Crippen LogP contribution in [0.1, 0.15) is 12.8 Å². The Morgan fingerprint density at radius 2 is 2.36 bits per heavy atom. The number of carbonyl (C=O) groups is 1. The van der Waals surface area contributed by atoms with Gasteiger partial charge in [0.1, 0.15) is 0 Å². The first-order valence-electron chi connectivity index (χ1n) is 5.07. The lowest BCUT2D eigenvalue weighted by Crippen LogP contribution is -2.50. The standard InChI is InChI=1S/C9H16N2O3/c12-6-8-5-11(3-4-14-8)9(13)10-7-1-2-7/h7-8,12H,1-6H2,(H,10,13). The van der Waals surface area contributed by atoms with Gasteiger partial charge in [0.25, 0.3) is 0 Å². The van der Waals surface area contributed by atoms with Crippen LogP contribution in [0.3, 0.4) is 0 Å². The zero-order valence-electron chi connectivity index (χ0n) is 8.11. The van der Waals surface area contributed by atoms with E-state index in [0.29, 0.717) is 25.7 Å². The maximum atomic E-state index is 11.6. The van der Waals surface area contributed by atoms with Crippen molar-refractivity contribution in [1.82, 2.24) is 10.2 Å². The van der Waals surface area contributed by atoms with E-state index in [-0.39, 0.29) is 18.7 Å². The molecule has 1 atom stereocenters. The molecule has 2 fully saturated rings. The van der Waals surface area contributed by atoms with Gasteiger partial charge in [0.2, 0.25) is 0 Å². The second-order valence-electron chi connectivity index (χ2n) is 3.85. The Hall–Kier alpha value is -0.810. The molecule has 5 nitrogen and oxygen atoms in total. The van der Waals surface area contributed by atoms with Gasteiger partial charge in [-0.05, 0) is 12.8 Å². The third-order valence-electron chi connectivity index (χ3n) is 2.53. The Kier molecular flexibility index (Phi) is 2.88. The summed E-state index contributed by atoms with van der Waals surface area (Å²) in [7, 11) is 0. The molecule has 1 aliphatic carbocycles. The third kappa shape index (κ3) is 2.36. The minimum absolute atomic E-state index is 0.0192. The number of aliphatic hydroxyl groups excluding tert-OH is 1. The Labute approximate surface area is 83.0 Å². The Balaban J connectivity index is 1.79. The quantitative estimate of drug-likeness (QED) is 0.634. The van der Waals surface area contributed by atoms with Crippen molar-refractivity contribution in [2.45, 2.75) is 25.0 Å². The van der Waals surface area contributed by atoms with Gasteiger partial charge in [0.05, 0.1) is 25.9 Å². The summed E-state index contributed by atoms with van der Waals surface area (Å²) in [6, 6.07) is 0.368. The molecule has 2 amide bonds. The van der Waals surface area contributed by atoms with E-state index in [2.05, 4.69) is 5.32 Å². The van der Waals surface area contributed by atoms with Crippen LogP contribution in [0.4, 0.5) is 4.79 Å². The summed E-state index contributed by atoms with van der Waals surface area (Å²) in [4.78, 5) is 13.3. The maximum absolute atomic E-state index is 11.6. The fourth-order valence-electron chi connectivity index (χ4n) is 1.51. The molecular weight excluding hydrogens is 184 g/mol. The summed E-state index contributed by atoms with van der Waals surface area (Å²) < 4.78 is 5.26. The van der Waals surface area contributed by atoms with Gasteiger partial charge in [-0.2, -0.15) is 0 Å². The molecule has 0 bridgehead atoms. The molecule has 2 rings (SSSR count). The van der Waals surface area contributed by atoms with E-state index in [1.54, 1.807) is 4.90 Å². The van der Waals surface area contributed by atoms with Crippen LogP contribution in [-0.4, -0.2) is 54.5 Å². The predicted octanol–water partition coefficient (Wildman–Crippen LogP) is -0.449. The molecule has 0 radical (unpaired) electrons. The van der Waals surface area contributed by atoms with E-state index in [9.17, 15) is 4.79 Å². The first-order chi connectivity index (χ1) is 6.79. The van der Waals surface area contributed by atoms with E-state index in [4.69, 9.17) is 9.84 Å². The predicted molar refractivity (Wildman–Crippen MR) is 50.0 cm³/mol. The number of ether oxygens (including phenoxy) is 1. The highest BCUT2D eigenvalue weighted by Gasteiger charge is 2.28. The van der Waals surface area contributed by atoms with Crippen LogP contribution in [-0.2, 0) is 4.74 Å². The third-order valence-corrected chi connectivity index (χ3v) is 2.53. The van der Waals surface area contributed by atoms with E-state index in [1.165, 1.54) is 0 Å². The van der Waals surface area contributed by atoms with Crippen molar-refractivity contribution in [2.75, 3.05) is 26.3 Å². The van der Waals surface area contributed by atoms with E-state index >= 15 is 0 Å². The number of amides is 2. The number of aliphatic hydroxyl groups is 1. The van der Waals surface area contributed by atoms with Crippen molar-refractivity contribution in [1.29, 1.82) is 0 Å². The number of hydrogen-bond acceptors (Lipinski definition) is 3. The lowest BCUT2D eigenvalue weighted by molar-refractivity contribution is -0.0403. The molecule has 5 heteroatoms. The molecule has 0 aromatic carbocycles. The van der Waals surface area contributed by atoms with E-state index in [1.807, 2.05) is 0 Å². The molecule has 0 spiro atoms. The van der Waals surface area contributed by atoms with Crippen molar-refractivity contribution in [3.8, 4) is 0 Å². The molecule has 0 aromatic heterocycles. The zero-order valence-corrected chi connectivity index (χ0v) is 8.11. The minimum Gasteiger partial charge on any atom is -0.394 e. The molecule has 2 N–H and O–H groups in total. The van der Waals surface area contributed by atoms with Crippen molar-refractivity contribution in [3.05, 3.63) is 0 Å². The summed E-state index contributed by atoms with van der Waals surface area (Å²) >= 11 is 0. The minimum atomic E-state index is -0.214. The van der Waals surface area contributed by atoms with Gasteiger partial charge < -0.3 is 20.1 Å². The Morgan fingerprint density at radius 1 is 1.57 bits per heavy atom. The van der Waals surface area contributed by atoms with Gasteiger partial charge in [-0.15, -0.1) is 0 Å². The number of nitrogens with zero attached hydrogens (tertiary/aromatic N) is 1. The Morgan fingerprint density at radius 3 is 3.00 bits per heavy atom. The highest BCUT2D eigenvalue weighted by molar-refractivity contribution is 5.75. The summed E-state index contributed by atoms with van der Waals surface area (Å²) in [5, 5.41) is 11.8. The van der Waals surface area contributed by atoms with Gasteiger partial charge in [-0.1, -0.05) is 0 Å². The van der Waals surface area contributed by atoms with Crippen LogP contribution in [0.5, 0.6) is 0 Å². The van der Waals surface area contributed by atoms with Crippen LogP contribution in [0.2, 0.25) is 0 Å². The largest absolute Gasteiger partial charge is 0.394 e. The lowest BCUT2D eigenvalue weighted by atomic mass is 10.3. The van der Waals surface area contributed by atoms with Crippen molar-refractivity contribution in [2.24, 2.45) is 0 Å². The van der Waals surface area contributed by atoms with Crippen molar-refractivity contribution in [3.63, 3.8) is 0 Å². The van der Waals surface area contributed by atoms with Crippen molar-refractivity contribution < 1.29 is 14.6 Å². The van der Waals surface area contributed by atoms with Crippen LogP contribution in [0.15, 0.2) is 0 Å². The average molecular weight is 200 g/mol. The molecule has 14 heavy (non-hydrogen) atoms. The van der Waals surface area contributed by atoms with E-state index < -0.39 is 0 Å². The Bertz CT molecular complexity index is 218. The molecule has 2 aliphatic rings. The number of carbonyl (C=O) groups excluding carboxylic acids is 1. The highest BCUT2D eigenvalue weighted by atomic mass is 16.5. The maximum Gasteiger partial charge on any atom is 0.317 e.